The summed E-state index contributed by atoms with van der Waals surface area (Å²) in [4.78, 5) is 29.7. The third kappa shape index (κ3) is 5.61. The summed E-state index contributed by atoms with van der Waals surface area (Å²) in [6, 6.07) is 16.6. The molecule has 2 aromatic rings. The number of ether oxygens (including phenoxy) is 2. The third-order valence-corrected chi connectivity index (χ3v) is 6.63. The molecule has 0 saturated carbocycles. The molecule has 2 aliphatic heterocycles. The smallest absolute Gasteiger partial charge is 0.253 e. The first-order valence-electron chi connectivity index (χ1n) is 11.1. The Morgan fingerprint density at radius 2 is 1.56 bits per heavy atom. The molecule has 0 aromatic heterocycles. The first-order valence-corrected chi connectivity index (χ1v) is 11.5. The summed E-state index contributed by atoms with van der Waals surface area (Å²) in [6.45, 7) is 4.07. The number of rotatable bonds is 6. The first-order chi connectivity index (χ1) is 15.5. The predicted molar refractivity (Wildman–Crippen MR) is 123 cm³/mol. The molecule has 0 bridgehead atoms. The Balaban J connectivity index is 1.44. The molecule has 0 aliphatic carbocycles. The van der Waals surface area contributed by atoms with E-state index in [0.29, 0.717) is 63.0 Å². The second-order valence-corrected chi connectivity index (χ2v) is 9.01. The number of likely N-dealkylation sites (tertiary alicyclic amines) is 1. The maximum absolute atomic E-state index is 13.1. The molecule has 2 fully saturated rings. The number of nitrogens with zero attached hydrogens (tertiary/aromatic N) is 2. The molecule has 32 heavy (non-hydrogen) atoms. The Morgan fingerprint density at radius 3 is 2.22 bits per heavy atom. The molecule has 2 aromatic carbocycles. The highest BCUT2D eigenvalue weighted by molar-refractivity contribution is 6.30. The van der Waals surface area contributed by atoms with Crippen LogP contribution in [0.4, 0.5) is 0 Å². The van der Waals surface area contributed by atoms with Gasteiger partial charge < -0.3 is 19.3 Å². The fraction of sp³-hybridized carbons (Fsp3) is 0.440. The molecule has 7 heteroatoms. The number of morpholine rings is 1. The van der Waals surface area contributed by atoms with Crippen molar-refractivity contribution in [3.63, 3.8) is 0 Å². The number of halogens is 1. The minimum atomic E-state index is -0.317. The molecule has 0 atom stereocenters. The van der Waals surface area contributed by atoms with Crippen molar-refractivity contribution in [3.05, 3.63) is 65.2 Å². The van der Waals surface area contributed by atoms with E-state index in [0.717, 1.165) is 18.6 Å². The van der Waals surface area contributed by atoms with Crippen molar-refractivity contribution < 1.29 is 19.1 Å². The number of benzene rings is 2. The molecule has 2 heterocycles. The molecule has 4 rings (SSSR count). The molecule has 0 radical (unpaired) electrons. The molecular formula is C25H29ClN2O4. The first kappa shape index (κ1) is 22.6. The van der Waals surface area contributed by atoms with Crippen LogP contribution >= 0.6 is 11.6 Å². The molecule has 0 unspecified atom stereocenters. The summed E-state index contributed by atoms with van der Waals surface area (Å²) >= 11 is 5.99. The van der Waals surface area contributed by atoms with Gasteiger partial charge in [-0.05, 0) is 49.2 Å². The lowest BCUT2D eigenvalue weighted by Crippen LogP contribution is -2.49. The van der Waals surface area contributed by atoms with Crippen LogP contribution in [0.5, 0.6) is 5.75 Å². The Labute approximate surface area is 194 Å². The highest BCUT2D eigenvalue weighted by Gasteiger charge is 2.40. The van der Waals surface area contributed by atoms with Crippen LogP contribution in [0.2, 0.25) is 5.02 Å². The average Bonchev–Trinajstić information content (AvgIpc) is 2.85. The zero-order valence-corrected chi connectivity index (χ0v) is 18.9. The zero-order valence-electron chi connectivity index (χ0n) is 18.2. The second kappa shape index (κ2) is 10.4. The molecule has 2 aliphatic rings. The Kier molecular flexibility index (Phi) is 7.33. The second-order valence-electron chi connectivity index (χ2n) is 8.57. The van der Waals surface area contributed by atoms with Crippen molar-refractivity contribution in [1.82, 2.24) is 9.80 Å². The minimum absolute atomic E-state index is 0.0392. The zero-order chi connectivity index (χ0) is 22.4. The van der Waals surface area contributed by atoms with Gasteiger partial charge in [-0.15, -0.1) is 0 Å². The van der Waals surface area contributed by atoms with Crippen LogP contribution in [0.3, 0.4) is 0 Å². The van der Waals surface area contributed by atoms with Gasteiger partial charge in [0.25, 0.3) is 5.91 Å². The summed E-state index contributed by atoms with van der Waals surface area (Å²) in [6.07, 6.45) is 1.85. The normalized spacial score (nSPS) is 18.3. The lowest BCUT2D eigenvalue weighted by molar-refractivity contribution is -0.139. The maximum atomic E-state index is 13.1. The van der Waals surface area contributed by atoms with E-state index in [9.17, 15) is 9.59 Å². The van der Waals surface area contributed by atoms with Gasteiger partial charge in [-0.1, -0.05) is 29.8 Å². The van der Waals surface area contributed by atoms with E-state index in [-0.39, 0.29) is 17.2 Å². The van der Waals surface area contributed by atoms with Crippen molar-refractivity contribution >= 4 is 23.4 Å². The van der Waals surface area contributed by atoms with E-state index >= 15 is 0 Å². The standard InChI is InChI=1S/C25H29ClN2O4/c26-21-6-8-22(9-7-21)32-19-25(18-23(29)27-14-16-31-17-15-27)10-12-28(13-11-25)24(30)20-4-2-1-3-5-20/h1-9H,10-19H2. The molecule has 0 spiro atoms. The quantitative estimate of drug-likeness (QED) is 0.661. The van der Waals surface area contributed by atoms with Gasteiger partial charge in [0.05, 0.1) is 19.8 Å². The van der Waals surface area contributed by atoms with Gasteiger partial charge in [0.2, 0.25) is 5.91 Å². The van der Waals surface area contributed by atoms with Gasteiger partial charge in [0.15, 0.2) is 0 Å². The van der Waals surface area contributed by atoms with Gasteiger partial charge in [-0.3, -0.25) is 9.59 Å². The number of piperidine rings is 1. The molecule has 2 amide bonds. The van der Waals surface area contributed by atoms with Gasteiger partial charge in [0.1, 0.15) is 5.75 Å². The average molecular weight is 457 g/mol. The SMILES string of the molecule is O=C(CC1(COc2ccc(Cl)cc2)CCN(C(=O)c2ccccc2)CC1)N1CCOCC1. The van der Waals surface area contributed by atoms with Crippen LogP contribution in [0.25, 0.3) is 0 Å². The monoisotopic (exact) mass is 456 g/mol. The Bertz CT molecular complexity index is 905. The predicted octanol–water partition coefficient (Wildman–Crippen LogP) is 3.89. The van der Waals surface area contributed by atoms with E-state index < -0.39 is 0 Å². The van der Waals surface area contributed by atoms with Crippen molar-refractivity contribution in [2.24, 2.45) is 5.41 Å². The number of hydrogen-bond donors (Lipinski definition) is 0. The van der Waals surface area contributed by atoms with E-state index in [1.165, 1.54) is 0 Å². The molecule has 2 saturated heterocycles. The van der Waals surface area contributed by atoms with E-state index in [4.69, 9.17) is 21.1 Å². The molecule has 0 N–H and O–H groups in total. The van der Waals surface area contributed by atoms with Gasteiger partial charge in [-0.2, -0.15) is 0 Å². The Hall–Kier alpha value is -2.57. The van der Waals surface area contributed by atoms with Crippen LogP contribution < -0.4 is 4.74 Å². The summed E-state index contributed by atoms with van der Waals surface area (Å²) in [7, 11) is 0. The minimum Gasteiger partial charge on any atom is -0.493 e. The maximum Gasteiger partial charge on any atom is 0.253 e. The van der Waals surface area contributed by atoms with Crippen molar-refractivity contribution in [2.45, 2.75) is 19.3 Å². The van der Waals surface area contributed by atoms with Crippen LogP contribution in [-0.4, -0.2) is 67.6 Å². The summed E-state index contributed by atoms with van der Waals surface area (Å²) < 4.78 is 11.5. The fourth-order valence-electron chi connectivity index (χ4n) is 4.33. The lowest BCUT2D eigenvalue weighted by atomic mass is 9.75. The number of amides is 2. The molecule has 6 nitrogen and oxygen atoms in total. The van der Waals surface area contributed by atoms with Crippen LogP contribution in [0, 0.1) is 5.41 Å². The largest absolute Gasteiger partial charge is 0.493 e. The number of carbonyl (C=O) groups excluding carboxylic acids is 2. The summed E-state index contributed by atoms with van der Waals surface area (Å²) in [5.74, 6) is 0.906. The van der Waals surface area contributed by atoms with E-state index in [1.54, 1.807) is 12.1 Å². The van der Waals surface area contributed by atoms with Crippen molar-refractivity contribution in [1.29, 1.82) is 0 Å². The van der Waals surface area contributed by atoms with Gasteiger partial charge >= 0.3 is 0 Å². The lowest BCUT2D eigenvalue weighted by Gasteiger charge is -2.42. The highest BCUT2D eigenvalue weighted by Crippen LogP contribution is 2.37. The molecular weight excluding hydrogens is 428 g/mol. The van der Waals surface area contributed by atoms with E-state index in [2.05, 4.69) is 0 Å². The number of hydrogen-bond acceptors (Lipinski definition) is 4. The highest BCUT2D eigenvalue weighted by atomic mass is 35.5. The third-order valence-electron chi connectivity index (χ3n) is 6.38. The molecule has 170 valence electrons. The van der Waals surface area contributed by atoms with E-state index in [1.807, 2.05) is 52.3 Å². The van der Waals surface area contributed by atoms with Gasteiger partial charge in [-0.25, -0.2) is 0 Å². The van der Waals surface area contributed by atoms with Gasteiger partial charge in [0, 0.05) is 48.6 Å². The van der Waals surface area contributed by atoms with Crippen LogP contribution in [-0.2, 0) is 9.53 Å². The summed E-state index contributed by atoms with van der Waals surface area (Å²) in [5.41, 5.74) is 0.379. The summed E-state index contributed by atoms with van der Waals surface area (Å²) in [5, 5.41) is 0.655. The topological polar surface area (TPSA) is 59.1 Å². The van der Waals surface area contributed by atoms with Crippen molar-refractivity contribution in [3.8, 4) is 5.75 Å². The van der Waals surface area contributed by atoms with Crippen molar-refractivity contribution in [2.75, 3.05) is 46.0 Å². The Morgan fingerprint density at radius 1 is 0.906 bits per heavy atom. The number of carbonyl (C=O) groups is 2. The fourth-order valence-corrected chi connectivity index (χ4v) is 4.46. The van der Waals surface area contributed by atoms with Crippen LogP contribution in [0.1, 0.15) is 29.6 Å². The van der Waals surface area contributed by atoms with Crippen LogP contribution in [0.15, 0.2) is 54.6 Å².